The molecule has 0 radical (unpaired) electrons. The molecule has 0 aliphatic carbocycles. The molecule has 0 saturated heterocycles. The normalized spacial score (nSPS) is 9.68. The molecule has 1 N–H and O–H groups in total. The summed E-state index contributed by atoms with van der Waals surface area (Å²) in [6, 6.07) is 11.2. The van der Waals surface area contributed by atoms with Gasteiger partial charge in [-0.05, 0) is 31.2 Å². The van der Waals surface area contributed by atoms with Crippen molar-refractivity contribution in [3.05, 3.63) is 53.2 Å². The van der Waals surface area contributed by atoms with Gasteiger partial charge in [0, 0.05) is 11.8 Å². The number of aromatic carboxylic acids is 1. The van der Waals surface area contributed by atoms with Crippen molar-refractivity contribution in [2.24, 2.45) is 0 Å². The second-order valence-corrected chi connectivity index (χ2v) is 3.88. The van der Waals surface area contributed by atoms with Gasteiger partial charge in [0.15, 0.2) is 0 Å². The van der Waals surface area contributed by atoms with Crippen molar-refractivity contribution in [1.29, 1.82) is 5.26 Å². The Hall–Kier alpha value is -2.87. The van der Waals surface area contributed by atoms with Gasteiger partial charge in [-0.25, -0.2) is 9.78 Å². The van der Waals surface area contributed by atoms with E-state index in [1.807, 2.05) is 6.07 Å². The summed E-state index contributed by atoms with van der Waals surface area (Å²) in [7, 11) is 0. The van der Waals surface area contributed by atoms with Crippen LogP contribution >= 0.6 is 0 Å². The topological polar surface area (TPSA) is 83.2 Å². The van der Waals surface area contributed by atoms with E-state index in [2.05, 4.69) is 4.98 Å². The zero-order valence-electron chi connectivity index (χ0n) is 10.1. The number of carboxylic acids is 1. The highest BCUT2D eigenvalue weighted by molar-refractivity contribution is 5.88. The molecule has 0 unspecified atom stereocenters. The van der Waals surface area contributed by atoms with E-state index < -0.39 is 5.97 Å². The number of hydrogen-bond donors (Lipinski definition) is 1. The number of pyridine rings is 1. The highest BCUT2D eigenvalue weighted by Gasteiger charge is 2.06. The first-order valence-electron chi connectivity index (χ1n) is 5.48. The molecule has 0 fully saturated rings. The number of hydrogen-bond acceptors (Lipinski definition) is 4. The van der Waals surface area contributed by atoms with Gasteiger partial charge in [0.2, 0.25) is 5.88 Å². The summed E-state index contributed by atoms with van der Waals surface area (Å²) in [5.41, 5.74) is 1.23. The van der Waals surface area contributed by atoms with Gasteiger partial charge in [-0.15, -0.1) is 0 Å². The average Bonchev–Trinajstić information content (AvgIpc) is 2.38. The van der Waals surface area contributed by atoms with Crippen LogP contribution in [0.3, 0.4) is 0 Å². The van der Waals surface area contributed by atoms with Crippen molar-refractivity contribution in [3.63, 3.8) is 0 Å². The van der Waals surface area contributed by atoms with Crippen LogP contribution in [0.5, 0.6) is 11.6 Å². The number of nitrogens with zero attached hydrogens (tertiary/aromatic N) is 2. The number of nitriles is 1. The van der Waals surface area contributed by atoms with E-state index in [0.717, 1.165) is 0 Å². The Morgan fingerprint density at radius 1 is 1.37 bits per heavy atom. The summed E-state index contributed by atoms with van der Waals surface area (Å²) < 4.78 is 5.47. The fourth-order valence-corrected chi connectivity index (χ4v) is 1.57. The summed E-state index contributed by atoms with van der Waals surface area (Å²) in [5.74, 6) is -0.402. The van der Waals surface area contributed by atoms with Gasteiger partial charge >= 0.3 is 5.97 Å². The zero-order valence-corrected chi connectivity index (χ0v) is 10.1. The predicted octanol–water partition coefficient (Wildman–Crippen LogP) is 2.75. The van der Waals surface area contributed by atoms with E-state index in [1.165, 1.54) is 18.2 Å². The van der Waals surface area contributed by atoms with E-state index in [1.54, 1.807) is 25.1 Å². The lowest BCUT2D eigenvalue weighted by molar-refractivity contribution is 0.0696. The lowest BCUT2D eigenvalue weighted by Gasteiger charge is -2.06. The van der Waals surface area contributed by atoms with Crippen molar-refractivity contribution < 1.29 is 14.6 Å². The molecule has 1 heterocycles. The van der Waals surface area contributed by atoms with Crippen LogP contribution in [0, 0.1) is 18.3 Å². The number of carbonyl (C=O) groups is 1. The fraction of sp³-hybridized carbons (Fsp3) is 0.0714. The van der Waals surface area contributed by atoms with Crippen LogP contribution in [0.15, 0.2) is 36.4 Å². The summed E-state index contributed by atoms with van der Waals surface area (Å²) in [6.07, 6.45) is 0. The minimum Gasteiger partial charge on any atom is -0.478 e. The van der Waals surface area contributed by atoms with Crippen molar-refractivity contribution in [2.45, 2.75) is 6.92 Å². The van der Waals surface area contributed by atoms with Gasteiger partial charge in [-0.2, -0.15) is 5.26 Å². The molecule has 5 heteroatoms. The van der Waals surface area contributed by atoms with Crippen LogP contribution in [0.4, 0.5) is 0 Å². The first-order chi connectivity index (χ1) is 9.08. The van der Waals surface area contributed by atoms with E-state index in [0.29, 0.717) is 17.0 Å². The molecular weight excluding hydrogens is 244 g/mol. The van der Waals surface area contributed by atoms with Gasteiger partial charge in [0.25, 0.3) is 0 Å². The number of ether oxygens (including phenoxy) is 1. The quantitative estimate of drug-likeness (QED) is 0.910. The molecule has 0 aliphatic rings. The molecule has 5 nitrogen and oxygen atoms in total. The highest BCUT2D eigenvalue weighted by atomic mass is 16.5. The molecule has 94 valence electrons. The number of benzene rings is 1. The Bertz CT molecular complexity index is 675. The van der Waals surface area contributed by atoms with Crippen LogP contribution < -0.4 is 4.74 Å². The van der Waals surface area contributed by atoms with Crippen molar-refractivity contribution in [1.82, 2.24) is 4.98 Å². The van der Waals surface area contributed by atoms with E-state index in [4.69, 9.17) is 15.1 Å². The Balaban J connectivity index is 2.31. The van der Waals surface area contributed by atoms with Crippen LogP contribution in [-0.4, -0.2) is 16.1 Å². The second kappa shape index (κ2) is 5.19. The molecule has 0 aliphatic heterocycles. The van der Waals surface area contributed by atoms with Gasteiger partial charge in [0.05, 0.1) is 17.2 Å². The maximum absolute atomic E-state index is 10.8. The fourth-order valence-electron chi connectivity index (χ4n) is 1.57. The van der Waals surface area contributed by atoms with Gasteiger partial charge in [-0.1, -0.05) is 6.07 Å². The standard InChI is InChI=1S/C14H10N2O3/c1-9-5-10(8-15)6-13(16-9)19-12-4-2-3-11(7-12)14(17)18/h2-7H,1H3,(H,17,18). The van der Waals surface area contributed by atoms with Crippen molar-refractivity contribution in [2.75, 3.05) is 0 Å². The van der Waals surface area contributed by atoms with Crippen molar-refractivity contribution >= 4 is 5.97 Å². The van der Waals surface area contributed by atoms with E-state index >= 15 is 0 Å². The minimum atomic E-state index is -1.03. The summed E-state index contributed by atoms with van der Waals surface area (Å²) in [6.45, 7) is 1.75. The largest absolute Gasteiger partial charge is 0.478 e. The molecule has 2 rings (SSSR count). The summed E-state index contributed by atoms with van der Waals surface area (Å²) in [5, 5.41) is 17.7. The highest BCUT2D eigenvalue weighted by Crippen LogP contribution is 2.22. The molecule has 1 aromatic carbocycles. The Morgan fingerprint density at radius 2 is 2.16 bits per heavy atom. The first-order valence-corrected chi connectivity index (χ1v) is 5.48. The van der Waals surface area contributed by atoms with E-state index in [9.17, 15) is 4.79 Å². The van der Waals surface area contributed by atoms with Gasteiger partial charge in [-0.3, -0.25) is 0 Å². The average molecular weight is 254 g/mol. The van der Waals surface area contributed by atoms with Gasteiger partial charge < -0.3 is 9.84 Å². The maximum atomic E-state index is 10.8. The van der Waals surface area contributed by atoms with E-state index in [-0.39, 0.29) is 11.4 Å². The Kier molecular flexibility index (Phi) is 3.44. The smallest absolute Gasteiger partial charge is 0.335 e. The Morgan fingerprint density at radius 3 is 2.84 bits per heavy atom. The monoisotopic (exact) mass is 254 g/mol. The summed E-state index contributed by atoms with van der Waals surface area (Å²) in [4.78, 5) is 15.0. The van der Waals surface area contributed by atoms with Crippen LogP contribution in [-0.2, 0) is 0 Å². The number of rotatable bonds is 3. The first kappa shape index (κ1) is 12.6. The molecular formula is C14H10N2O3. The molecule has 2 aromatic rings. The molecule has 0 saturated carbocycles. The lowest BCUT2D eigenvalue weighted by Crippen LogP contribution is -1.97. The maximum Gasteiger partial charge on any atom is 0.335 e. The number of aryl methyl sites for hydroxylation is 1. The Labute approximate surface area is 109 Å². The molecule has 0 amide bonds. The van der Waals surface area contributed by atoms with Gasteiger partial charge in [0.1, 0.15) is 5.75 Å². The van der Waals surface area contributed by atoms with Crippen LogP contribution in [0.2, 0.25) is 0 Å². The molecule has 0 atom stereocenters. The van der Waals surface area contributed by atoms with Crippen LogP contribution in [0.25, 0.3) is 0 Å². The molecule has 0 spiro atoms. The number of carboxylic acid groups (broad SMARTS) is 1. The molecule has 1 aromatic heterocycles. The minimum absolute atomic E-state index is 0.130. The predicted molar refractivity (Wildman–Crippen MR) is 67.2 cm³/mol. The summed E-state index contributed by atoms with van der Waals surface area (Å²) >= 11 is 0. The third kappa shape index (κ3) is 3.07. The third-order valence-electron chi connectivity index (χ3n) is 2.36. The van der Waals surface area contributed by atoms with Crippen LogP contribution in [0.1, 0.15) is 21.6 Å². The molecule has 19 heavy (non-hydrogen) atoms. The number of aromatic nitrogens is 1. The molecule has 0 bridgehead atoms. The van der Waals surface area contributed by atoms with Crippen molar-refractivity contribution in [3.8, 4) is 17.7 Å². The third-order valence-corrected chi connectivity index (χ3v) is 2.36. The lowest BCUT2D eigenvalue weighted by atomic mass is 10.2. The SMILES string of the molecule is Cc1cc(C#N)cc(Oc2cccc(C(=O)O)c2)n1. The second-order valence-electron chi connectivity index (χ2n) is 3.88. The zero-order chi connectivity index (χ0) is 13.8.